The van der Waals surface area contributed by atoms with Crippen molar-refractivity contribution in [3.63, 3.8) is 0 Å². The molecule has 2 nitrogen and oxygen atoms in total. The molecule has 0 fully saturated rings. The molecule has 0 radical (unpaired) electrons. The maximum Gasteiger partial charge on any atom is 0.221 e. The maximum absolute atomic E-state index is 10.5. The highest BCUT2D eigenvalue weighted by Crippen LogP contribution is 2.23. The van der Waals surface area contributed by atoms with Crippen molar-refractivity contribution in [2.75, 3.05) is 0 Å². The number of benzene rings is 1. The monoisotopic (exact) mass is 273 g/mol. The van der Waals surface area contributed by atoms with Crippen LogP contribution in [0.5, 0.6) is 0 Å². The number of nitrogens with two attached hydrogens (primary N) is 1. The minimum Gasteiger partial charge on any atom is -0.369 e. The summed E-state index contributed by atoms with van der Waals surface area (Å²) in [6.45, 7) is 0. The Balaban J connectivity index is 2.73. The lowest BCUT2D eigenvalue weighted by molar-refractivity contribution is -0.117. The van der Waals surface area contributed by atoms with E-state index in [-0.39, 0.29) is 12.3 Å². The SMILES string of the molecule is NC(=O)CC=Cc1ccc(Cl)c(Br)c1. The number of halogens is 2. The van der Waals surface area contributed by atoms with Gasteiger partial charge in [0.2, 0.25) is 5.91 Å². The molecule has 1 aromatic rings. The van der Waals surface area contributed by atoms with Crippen molar-refractivity contribution in [2.45, 2.75) is 6.42 Å². The van der Waals surface area contributed by atoms with Gasteiger partial charge in [0.1, 0.15) is 0 Å². The van der Waals surface area contributed by atoms with E-state index >= 15 is 0 Å². The summed E-state index contributed by atoms with van der Waals surface area (Å²) in [5.74, 6) is -0.339. The molecular weight excluding hydrogens is 265 g/mol. The minimum atomic E-state index is -0.339. The highest BCUT2D eigenvalue weighted by atomic mass is 79.9. The Morgan fingerprint density at radius 3 is 2.86 bits per heavy atom. The standard InChI is InChI=1S/C10H9BrClNO/c11-8-6-7(4-5-9(8)12)2-1-3-10(13)14/h1-2,4-6H,3H2,(H2,13,14). The summed E-state index contributed by atoms with van der Waals surface area (Å²) in [5, 5.41) is 0.664. The lowest BCUT2D eigenvalue weighted by Gasteiger charge is -1.97. The fourth-order valence-electron chi connectivity index (χ4n) is 0.927. The summed E-state index contributed by atoms with van der Waals surface area (Å²) in [5.41, 5.74) is 5.96. The maximum atomic E-state index is 10.5. The van der Waals surface area contributed by atoms with E-state index in [1.807, 2.05) is 18.2 Å². The summed E-state index contributed by atoms with van der Waals surface area (Å²) < 4.78 is 0.834. The molecule has 14 heavy (non-hydrogen) atoms. The van der Waals surface area contributed by atoms with Crippen molar-refractivity contribution in [1.29, 1.82) is 0 Å². The molecule has 0 aliphatic rings. The lowest BCUT2D eigenvalue weighted by Crippen LogP contribution is -2.07. The Bertz CT molecular complexity index is 376. The van der Waals surface area contributed by atoms with Crippen molar-refractivity contribution in [1.82, 2.24) is 0 Å². The van der Waals surface area contributed by atoms with Gasteiger partial charge in [-0.1, -0.05) is 29.8 Å². The molecule has 0 saturated heterocycles. The molecule has 0 heterocycles. The predicted molar refractivity (Wildman–Crippen MR) is 62.0 cm³/mol. The average Bonchev–Trinajstić information content (AvgIpc) is 2.10. The van der Waals surface area contributed by atoms with Crippen LogP contribution < -0.4 is 5.73 Å². The molecule has 4 heteroatoms. The van der Waals surface area contributed by atoms with Crippen molar-refractivity contribution in [2.24, 2.45) is 5.73 Å². The van der Waals surface area contributed by atoms with Gasteiger partial charge in [-0.3, -0.25) is 4.79 Å². The molecule has 0 atom stereocenters. The van der Waals surface area contributed by atoms with Crippen molar-refractivity contribution < 1.29 is 4.79 Å². The molecule has 0 aromatic heterocycles. The second-order valence-electron chi connectivity index (χ2n) is 2.75. The Hall–Kier alpha value is -0.800. The first-order valence-corrected chi connectivity index (χ1v) is 5.16. The van der Waals surface area contributed by atoms with E-state index in [1.165, 1.54) is 0 Å². The third-order valence-corrected chi connectivity index (χ3v) is 2.79. The number of rotatable bonds is 3. The van der Waals surface area contributed by atoms with Crippen LogP contribution in [0.1, 0.15) is 12.0 Å². The number of carbonyl (C=O) groups is 1. The van der Waals surface area contributed by atoms with Gasteiger partial charge in [-0.15, -0.1) is 0 Å². The van der Waals surface area contributed by atoms with Gasteiger partial charge in [0.25, 0.3) is 0 Å². The number of hydrogen-bond acceptors (Lipinski definition) is 1. The summed E-state index contributed by atoms with van der Waals surface area (Å²) in [4.78, 5) is 10.5. The molecule has 1 rings (SSSR count). The summed E-state index contributed by atoms with van der Waals surface area (Å²) in [6.07, 6.45) is 3.80. The van der Waals surface area contributed by atoms with Crippen LogP contribution >= 0.6 is 27.5 Å². The molecule has 74 valence electrons. The van der Waals surface area contributed by atoms with Gasteiger partial charge in [-0.2, -0.15) is 0 Å². The van der Waals surface area contributed by atoms with Crippen molar-refractivity contribution in [3.05, 3.63) is 39.3 Å². The van der Waals surface area contributed by atoms with Gasteiger partial charge in [-0.25, -0.2) is 0 Å². The number of amides is 1. The Kier molecular flexibility index (Phi) is 4.17. The fourth-order valence-corrected chi connectivity index (χ4v) is 1.44. The molecule has 0 saturated carbocycles. The van der Waals surface area contributed by atoms with Gasteiger partial charge < -0.3 is 5.73 Å². The first kappa shape index (κ1) is 11.3. The Labute approximate surface area is 95.9 Å². The second kappa shape index (κ2) is 5.17. The van der Waals surface area contributed by atoms with E-state index in [2.05, 4.69) is 15.9 Å². The van der Waals surface area contributed by atoms with Crippen LogP contribution in [0.2, 0.25) is 5.02 Å². The quantitative estimate of drug-likeness (QED) is 0.904. The molecule has 1 aromatic carbocycles. The number of hydrogen-bond donors (Lipinski definition) is 1. The summed E-state index contributed by atoms with van der Waals surface area (Å²) >= 11 is 9.13. The fraction of sp³-hybridized carbons (Fsp3) is 0.100. The van der Waals surface area contributed by atoms with Crippen molar-refractivity contribution >= 4 is 39.5 Å². The van der Waals surface area contributed by atoms with Gasteiger partial charge in [0.05, 0.1) is 5.02 Å². The van der Waals surface area contributed by atoms with Gasteiger partial charge in [-0.05, 0) is 33.6 Å². The third-order valence-electron chi connectivity index (χ3n) is 1.57. The highest BCUT2D eigenvalue weighted by molar-refractivity contribution is 9.10. The molecule has 1 amide bonds. The van der Waals surface area contributed by atoms with E-state index in [0.29, 0.717) is 5.02 Å². The van der Waals surface area contributed by atoms with Crippen LogP contribution in [0.4, 0.5) is 0 Å². The zero-order valence-electron chi connectivity index (χ0n) is 7.34. The smallest absolute Gasteiger partial charge is 0.221 e. The zero-order chi connectivity index (χ0) is 10.6. The average molecular weight is 275 g/mol. The van der Waals surface area contributed by atoms with Crippen LogP contribution in [-0.2, 0) is 4.79 Å². The third kappa shape index (κ3) is 3.52. The van der Waals surface area contributed by atoms with Crippen LogP contribution in [0.25, 0.3) is 6.08 Å². The van der Waals surface area contributed by atoms with E-state index in [4.69, 9.17) is 17.3 Å². The highest BCUT2D eigenvalue weighted by Gasteiger charge is 1.96. The minimum absolute atomic E-state index is 0.250. The first-order chi connectivity index (χ1) is 6.59. The van der Waals surface area contributed by atoms with Crippen molar-refractivity contribution in [3.8, 4) is 0 Å². The Morgan fingerprint density at radius 2 is 2.29 bits per heavy atom. The van der Waals surface area contributed by atoms with E-state index in [9.17, 15) is 4.79 Å². The lowest BCUT2D eigenvalue weighted by atomic mass is 10.2. The molecule has 0 aliphatic carbocycles. The molecular formula is C10H9BrClNO. The topological polar surface area (TPSA) is 43.1 Å². The first-order valence-electron chi connectivity index (χ1n) is 3.99. The zero-order valence-corrected chi connectivity index (χ0v) is 9.68. The van der Waals surface area contributed by atoms with Gasteiger partial charge in [0, 0.05) is 10.9 Å². The second-order valence-corrected chi connectivity index (χ2v) is 4.01. The predicted octanol–water partition coefficient (Wildman–Crippen LogP) is 2.99. The van der Waals surface area contributed by atoms with Crippen LogP contribution in [0, 0.1) is 0 Å². The molecule has 2 N–H and O–H groups in total. The van der Waals surface area contributed by atoms with E-state index in [1.54, 1.807) is 12.1 Å². The molecule has 0 bridgehead atoms. The number of primary amides is 1. The van der Waals surface area contributed by atoms with Gasteiger partial charge in [0.15, 0.2) is 0 Å². The Morgan fingerprint density at radius 1 is 1.57 bits per heavy atom. The summed E-state index contributed by atoms with van der Waals surface area (Å²) in [7, 11) is 0. The van der Waals surface area contributed by atoms with Crippen LogP contribution in [-0.4, -0.2) is 5.91 Å². The normalized spacial score (nSPS) is 10.7. The molecule has 0 aliphatic heterocycles. The number of carbonyl (C=O) groups excluding carboxylic acids is 1. The largest absolute Gasteiger partial charge is 0.369 e. The van der Waals surface area contributed by atoms with Crippen LogP contribution in [0.15, 0.2) is 28.7 Å². The van der Waals surface area contributed by atoms with Crippen LogP contribution in [0.3, 0.4) is 0 Å². The molecule has 0 spiro atoms. The molecule has 0 unspecified atom stereocenters. The van der Waals surface area contributed by atoms with E-state index in [0.717, 1.165) is 10.0 Å². The van der Waals surface area contributed by atoms with Gasteiger partial charge >= 0.3 is 0 Å². The van der Waals surface area contributed by atoms with E-state index < -0.39 is 0 Å². The summed E-state index contributed by atoms with van der Waals surface area (Å²) in [6, 6.07) is 5.53.